The van der Waals surface area contributed by atoms with E-state index < -0.39 is 28.8 Å². The Balaban J connectivity index is 5.23. The Labute approximate surface area is 189 Å². The van der Waals surface area contributed by atoms with Gasteiger partial charge in [-0.2, -0.15) is 0 Å². The second-order valence-corrected chi connectivity index (χ2v) is 21.8. The molecular weight excluding hydrogens is 408 g/mol. The van der Waals surface area contributed by atoms with Crippen LogP contribution in [-0.2, 0) is 8.85 Å². The van der Waals surface area contributed by atoms with Gasteiger partial charge in [-0.3, -0.25) is 0 Å². The lowest BCUT2D eigenvalue weighted by Crippen LogP contribution is -2.50. The molecule has 0 unspecified atom stereocenters. The Kier molecular flexibility index (Phi) is 12.3. The maximum Gasteiger partial charge on any atom is 0.200 e. The first-order valence-corrected chi connectivity index (χ1v) is 16.2. The molecule has 0 bridgehead atoms. The van der Waals surface area contributed by atoms with Crippen LogP contribution in [0.15, 0.2) is 12.2 Å². The Hall–Kier alpha value is 0.0138. The normalized spacial score (nSPS) is 15.9. The summed E-state index contributed by atoms with van der Waals surface area (Å²) in [5, 5.41) is 21.5. The zero-order valence-corrected chi connectivity index (χ0v) is 24.0. The molecule has 0 aliphatic rings. The number of rotatable bonds is 14. The molecule has 6 heteroatoms. The maximum absolute atomic E-state index is 10.7. The fraction of sp³-hybridized carbons (Fsp3) is 0.917. The van der Waals surface area contributed by atoms with Crippen LogP contribution in [0.2, 0.25) is 33.2 Å². The van der Waals surface area contributed by atoms with Gasteiger partial charge in [0.25, 0.3) is 0 Å². The first-order chi connectivity index (χ1) is 13.6. The summed E-state index contributed by atoms with van der Waals surface area (Å²) in [6.45, 7) is 31.1. The quantitative estimate of drug-likeness (QED) is 0.225. The predicted molar refractivity (Wildman–Crippen MR) is 135 cm³/mol. The summed E-state index contributed by atoms with van der Waals surface area (Å²) in [5.41, 5.74) is 3.07. The van der Waals surface area contributed by atoms with Crippen molar-refractivity contribution in [1.29, 1.82) is 0 Å². The second kappa shape index (κ2) is 12.3. The first-order valence-electron chi connectivity index (χ1n) is 11.9. The molecule has 0 aromatic carbocycles. The number of hydrogen-bond donors (Lipinski definition) is 2. The second-order valence-electron chi connectivity index (χ2n) is 10.9. The van der Waals surface area contributed by atoms with Crippen LogP contribution in [-0.4, -0.2) is 52.3 Å². The zero-order chi connectivity index (χ0) is 24.0. The van der Waals surface area contributed by atoms with Crippen molar-refractivity contribution >= 4 is 16.6 Å². The summed E-state index contributed by atoms with van der Waals surface area (Å²) in [6, 6.07) is 0. The molecule has 0 amide bonds. The van der Waals surface area contributed by atoms with Gasteiger partial charge in [0.15, 0.2) is 16.6 Å². The highest BCUT2D eigenvalue weighted by Crippen LogP contribution is 2.43. The van der Waals surface area contributed by atoms with E-state index in [1.807, 2.05) is 0 Å². The summed E-state index contributed by atoms with van der Waals surface area (Å²) < 4.78 is 13.0. The Morgan fingerprint density at radius 1 is 0.567 bits per heavy atom. The third-order valence-corrected chi connectivity index (χ3v) is 19.4. The van der Waals surface area contributed by atoms with Crippen molar-refractivity contribution in [2.45, 2.75) is 129 Å². The van der Waals surface area contributed by atoms with Crippen LogP contribution in [0.3, 0.4) is 0 Å². The third-order valence-electron chi connectivity index (χ3n) is 7.25. The first kappa shape index (κ1) is 30.0. The van der Waals surface area contributed by atoms with E-state index in [-0.39, 0.29) is 13.2 Å². The maximum atomic E-state index is 10.7. The third kappa shape index (κ3) is 6.52. The Morgan fingerprint density at radius 2 is 0.767 bits per heavy atom. The van der Waals surface area contributed by atoms with Gasteiger partial charge in [-0.1, -0.05) is 89.7 Å². The average molecular weight is 461 g/mol. The molecule has 2 N–H and O–H groups in total. The van der Waals surface area contributed by atoms with Gasteiger partial charge < -0.3 is 19.1 Å². The molecular formula is C24H52O4Si2. The summed E-state index contributed by atoms with van der Waals surface area (Å²) in [4.78, 5) is 0. The van der Waals surface area contributed by atoms with E-state index in [0.717, 1.165) is 0 Å². The van der Waals surface area contributed by atoms with E-state index in [1.165, 1.54) is 0 Å². The zero-order valence-electron chi connectivity index (χ0n) is 22.0. The molecule has 0 aromatic heterocycles. The van der Waals surface area contributed by atoms with Crippen molar-refractivity contribution in [3.8, 4) is 0 Å². The fourth-order valence-electron chi connectivity index (χ4n) is 5.88. The van der Waals surface area contributed by atoms with Gasteiger partial charge in [0, 0.05) is 0 Å². The molecule has 0 aromatic rings. The van der Waals surface area contributed by atoms with Gasteiger partial charge >= 0.3 is 0 Å². The van der Waals surface area contributed by atoms with E-state index in [0.29, 0.717) is 38.8 Å². The molecule has 0 spiro atoms. The Bertz CT molecular complexity index is 428. The minimum absolute atomic E-state index is 0.192. The lowest BCUT2D eigenvalue weighted by molar-refractivity contribution is 0.0712. The molecule has 0 radical (unpaired) electrons. The highest BCUT2D eigenvalue weighted by atomic mass is 28.4. The summed E-state index contributed by atoms with van der Waals surface area (Å²) >= 11 is 0. The van der Waals surface area contributed by atoms with Crippen molar-refractivity contribution in [3.05, 3.63) is 12.2 Å². The molecule has 0 fully saturated rings. The van der Waals surface area contributed by atoms with Gasteiger partial charge in [-0.15, -0.1) is 0 Å². The molecule has 30 heavy (non-hydrogen) atoms. The molecule has 0 aliphatic carbocycles. The molecule has 0 rings (SSSR count). The highest BCUT2D eigenvalue weighted by Gasteiger charge is 2.46. The van der Waals surface area contributed by atoms with Gasteiger partial charge in [0.05, 0.1) is 25.4 Å². The largest absolute Gasteiger partial charge is 0.413 e. The monoisotopic (exact) mass is 460 g/mol. The van der Waals surface area contributed by atoms with Crippen LogP contribution in [0.4, 0.5) is 0 Å². The van der Waals surface area contributed by atoms with Crippen LogP contribution in [0.1, 0.15) is 83.1 Å². The van der Waals surface area contributed by atoms with Crippen LogP contribution in [0, 0.1) is 0 Å². The minimum atomic E-state index is -2.07. The smallest absolute Gasteiger partial charge is 0.200 e. The molecule has 2 atom stereocenters. The van der Waals surface area contributed by atoms with Gasteiger partial charge in [-0.25, -0.2) is 0 Å². The fourth-order valence-corrected chi connectivity index (χ4v) is 16.8. The van der Waals surface area contributed by atoms with E-state index >= 15 is 0 Å². The molecule has 0 saturated heterocycles. The lowest BCUT2D eigenvalue weighted by atomic mass is 10.1. The molecule has 180 valence electrons. The van der Waals surface area contributed by atoms with Crippen molar-refractivity contribution in [2.24, 2.45) is 0 Å². The van der Waals surface area contributed by atoms with E-state index in [2.05, 4.69) is 89.7 Å². The van der Waals surface area contributed by atoms with Crippen molar-refractivity contribution in [3.63, 3.8) is 0 Å². The van der Waals surface area contributed by atoms with Crippen molar-refractivity contribution in [1.82, 2.24) is 0 Å². The molecule has 0 saturated carbocycles. The molecule has 0 heterocycles. The van der Waals surface area contributed by atoms with E-state index in [4.69, 9.17) is 8.85 Å². The minimum Gasteiger partial charge on any atom is -0.413 e. The Morgan fingerprint density at radius 3 is 0.933 bits per heavy atom. The summed E-state index contributed by atoms with van der Waals surface area (Å²) in [6.07, 6.45) is -1.78. The SMILES string of the molecule is C=C([C@H](O)CO[Si](C(C)C)(C(C)C)C(C)C)[C@H](O)CO[Si](C(C)C)(C(C)C)C(C)C. The van der Waals surface area contributed by atoms with E-state index in [1.54, 1.807) is 0 Å². The molecule has 0 aliphatic heterocycles. The summed E-state index contributed by atoms with van der Waals surface area (Å²) in [5.74, 6) is 0. The highest BCUT2D eigenvalue weighted by molar-refractivity contribution is 6.78. The standard InChI is InChI=1S/C24H52O4Si2/c1-16(2)29(17(3)4,18(5)6)27-14-23(25)22(13)24(26)15-28-30(19(7)8,20(9)10)21(11)12/h16-21,23-26H,13-15H2,1-12H3/t23-,24-/m1/s1. The molecule has 4 nitrogen and oxygen atoms in total. The van der Waals surface area contributed by atoms with Gasteiger partial charge in [0.1, 0.15) is 0 Å². The van der Waals surface area contributed by atoms with Crippen molar-refractivity contribution in [2.75, 3.05) is 13.2 Å². The number of aliphatic hydroxyl groups is 2. The van der Waals surface area contributed by atoms with Gasteiger partial charge in [-0.05, 0) is 38.8 Å². The lowest BCUT2D eigenvalue weighted by Gasteiger charge is -2.43. The van der Waals surface area contributed by atoms with Crippen LogP contribution in [0.5, 0.6) is 0 Å². The number of hydrogen-bond acceptors (Lipinski definition) is 4. The van der Waals surface area contributed by atoms with Crippen LogP contribution < -0.4 is 0 Å². The number of aliphatic hydroxyl groups excluding tert-OH is 2. The van der Waals surface area contributed by atoms with Crippen LogP contribution >= 0.6 is 0 Å². The van der Waals surface area contributed by atoms with Gasteiger partial charge in [0.2, 0.25) is 0 Å². The van der Waals surface area contributed by atoms with Crippen molar-refractivity contribution < 1.29 is 19.1 Å². The topological polar surface area (TPSA) is 58.9 Å². The van der Waals surface area contributed by atoms with E-state index in [9.17, 15) is 10.2 Å². The summed E-state index contributed by atoms with van der Waals surface area (Å²) in [7, 11) is -4.14. The van der Waals surface area contributed by atoms with Crippen LogP contribution in [0.25, 0.3) is 0 Å². The average Bonchev–Trinajstić information content (AvgIpc) is 2.59. The predicted octanol–water partition coefficient (Wildman–Crippen LogP) is 6.65.